The van der Waals surface area contributed by atoms with Crippen molar-refractivity contribution in [3.63, 3.8) is 0 Å². The molecule has 0 radical (unpaired) electrons. The van der Waals surface area contributed by atoms with Crippen LogP contribution in [0.2, 0.25) is 0 Å². The molecule has 0 aliphatic carbocycles. The maximum Gasteiger partial charge on any atom is 0.338 e. The van der Waals surface area contributed by atoms with Crippen LogP contribution in [-0.2, 0) is 4.74 Å². The quantitative estimate of drug-likeness (QED) is 0.189. The zero-order chi connectivity index (χ0) is 22.3. The highest BCUT2D eigenvalue weighted by atomic mass is 16.5. The first-order valence-corrected chi connectivity index (χ1v) is 11.7. The van der Waals surface area contributed by atoms with Crippen LogP contribution < -0.4 is 5.32 Å². The van der Waals surface area contributed by atoms with Crippen LogP contribution in [0.1, 0.15) is 82.5 Å². The third kappa shape index (κ3) is 9.77. The van der Waals surface area contributed by atoms with Crippen molar-refractivity contribution in [3.05, 3.63) is 54.1 Å². The van der Waals surface area contributed by atoms with Gasteiger partial charge < -0.3 is 10.1 Å². The van der Waals surface area contributed by atoms with Crippen LogP contribution in [0, 0.1) is 0 Å². The summed E-state index contributed by atoms with van der Waals surface area (Å²) in [4.78, 5) is 12.0. The molecule has 0 aliphatic rings. The normalized spacial score (nSPS) is 12.1. The number of azo groups is 1. The number of nitrogens with one attached hydrogen (secondary N) is 1. The zero-order valence-electron chi connectivity index (χ0n) is 19.3. The van der Waals surface area contributed by atoms with E-state index in [9.17, 15) is 4.79 Å². The predicted molar refractivity (Wildman–Crippen MR) is 129 cm³/mol. The second-order valence-corrected chi connectivity index (χ2v) is 7.97. The molecule has 1 N–H and O–H groups in total. The molecule has 0 aliphatic heterocycles. The van der Waals surface area contributed by atoms with E-state index in [1.54, 1.807) is 24.3 Å². The molecular formula is C26H37N3O2. The lowest BCUT2D eigenvalue weighted by Crippen LogP contribution is -2.13. The van der Waals surface area contributed by atoms with E-state index in [4.69, 9.17) is 4.74 Å². The Morgan fingerprint density at radius 2 is 1.39 bits per heavy atom. The van der Waals surface area contributed by atoms with Gasteiger partial charge in [0, 0.05) is 12.2 Å². The van der Waals surface area contributed by atoms with E-state index in [0.717, 1.165) is 24.3 Å². The highest BCUT2D eigenvalue weighted by Gasteiger charge is 2.10. The fraction of sp³-hybridized carbons (Fsp3) is 0.500. The first kappa shape index (κ1) is 24.6. The number of anilines is 1. The van der Waals surface area contributed by atoms with Gasteiger partial charge in [-0.05, 0) is 68.3 Å². The van der Waals surface area contributed by atoms with Crippen molar-refractivity contribution in [1.82, 2.24) is 0 Å². The Bertz CT molecular complexity index is 785. The highest BCUT2D eigenvalue weighted by molar-refractivity contribution is 5.89. The summed E-state index contributed by atoms with van der Waals surface area (Å²) in [6.07, 6.45) is 9.93. The van der Waals surface area contributed by atoms with Crippen LogP contribution in [0.3, 0.4) is 0 Å². The van der Waals surface area contributed by atoms with Crippen molar-refractivity contribution in [2.75, 3.05) is 11.9 Å². The summed E-state index contributed by atoms with van der Waals surface area (Å²) in [7, 11) is 0. The summed E-state index contributed by atoms with van der Waals surface area (Å²) in [6, 6.07) is 15.0. The number of esters is 1. The van der Waals surface area contributed by atoms with Crippen molar-refractivity contribution in [2.45, 2.75) is 78.2 Å². The van der Waals surface area contributed by atoms with E-state index in [0.29, 0.717) is 11.3 Å². The van der Waals surface area contributed by atoms with Gasteiger partial charge in [0.2, 0.25) is 0 Å². The largest absolute Gasteiger partial charge is 0.459 e. The molecular weight excluding hydrogens is 386 g/mol. The minimum atomic E-state index is -0.308. The fourth-order valence-electron chi connectivity index (χ4n) is 3.07. The van der Waals surface area contributed by atoms with Crippen LogP contribution in [0.4, 0.5) is 17.1 Å². The number of nitrogens with zero attached hydrogens (tertiary/aromatic N) is 2. The van der Waals surface area contributed by atoms with Crippen molar-refractivity contribution in [2.24, 2.45) is 10.2 Å². The van der Waals surface area contributed by atoms with E-state index in [1.807, 2.05) is 38.1 Å². The summed E-state index contributed by atoms with van der Waals surface area (Å²) in [6.45, 7) is 7.13. The van der Waals surface area contributed by atoms with Crippen LogP contribution in [-0.4, -0.2) is 18.6 Å². The SMILES string of the molecule is CCCCCCCCCNc1ccc(N=Nc2ccc(C(=O)OC(C)CC)cc2)cc1. The average Bonchev–Trinajstić information content (AvgIpc) is 2.80. The maximum atomic E-state index is 12.0. The van der Waals surface area contributed by atoms with Gasteiger partial charge in [-0.3, -0.25) is 0 Å². The minimum absolute atomic E-state index is 0.0834. The van der Waals surface area contributed by atoms with E-state index in [1.165, 1.54) is 44.9 Å². The molecule has 0 aromatic heterocycles. The van der Waals surface area contributed by atoms with Gasteiger partial charge in [-0.25, -0.2) is 4.79 Å². The Hall–Kier alpha value is -2.69. The van der Waals surface area contributed by atoms with Gasteiger partial charge in [-0.15, -0.1) is 0 Å². The Labute approximate surface area is 187 Å². The van der Waals surface area contributed by atoms with Gasteiger partial charge in [0.15, 0.2) is 0 Å². The molecule has 0 saturated carbocycles. The summed E-state index contributed by atoms with van der Waals surface area (Å²) in [5.41, 5.74) is 3.12. The fourth-order valence-corrected chi connectivity index (χ4v) is 3.07. The Morgan fingerprint density at radius 3 is 1.97 bits per heavy atom. The molecule has 5 heteroatoms. The van der Waals surface area contributed by atoms with Crippen molar-refractivity contribution >= 4 is 23.0 Å². The van der Waals surface area contributed by atoms with Crippen molar-refractivity contribution in [3.8, 4) is 0 Å². The third-order valence-electron chi connectivity index (χ3n) is 5.24. The van der Waals surface area contributed by atoms with Gasteiger partial charge in [-0.1, -0.05) is 52.4 Å². The molecule has 5 nitrogen and oxygen atoms in total. The van der Waals surface area contributed by atoms with Crippen LogP contribution in [0.25, 0.3) is 0 Å². The number of rotatable bonds is 14. The molecule has 0 bridgehead atoms. The number of benzene rings is 2. The minimum Gasteiger partial charge on any atom is -0.459 e. The lowest BCUT2D eigenvalue weighted by molar-refractivity contribution is 0.0334. The van der Waals surface area contributed by atoms with Gasteiger partial charge in [-0.2, -0.15) is 10.2 Å². The Kier molecular flexibility index (Phi) is 11.4. The number of carbonyl (C=O) groups excluding carboxylic acids is 1. The summed E-state index contributed by atoms with van der Waals surface area (Å²) in [5, 5.41) is 12.0. The van der Waals surface area contributed by atoms with Gasteiger partial charge in [0.1, 0.15) is 0 Å². The van der Waals surface area contributed by atoms with Crippen LogP contribution in [0.15, 0.2) is 58.8 Å². The van der Waals surface area contributed by atoms with E-state index in [2.05, 4.69) is 22.5 Å². The number of hydrogen-bond donors (Lipinski definition) is 1. The summed E-state index contributed by atoms with van der Waals surface area (Å²) < 4.78 is 5.33. The second kappa shape index (κ2) is 14.3. The van der Waals surface area contributed by atoms with E-state index >= 15 is 0 Å². The van der Waals surface area contributed by atoms with Crippen molar-refractivity contribution < 1.29 is 9.53 Å². The number of carbonyl (C=O) groups is 1. The molecule has 0 fully saturated rings. The first-order chi connectivity index (χ1) is 15.1. The molecule has 0 spiro atoms. The Morgan fingerprint density at radius 1 is 0.839 bits per heavy atom. The second-order valence-electron chi connectivity index (χ2n) is 7.97. The van der Waals surface area contributed by atoms with Crippen molar-refractivity contribution in [1.29, 1.82) is 0 Å². The third-order valence-corrected chi connectivity index (χ3v) is 5.24. The van der Waals surface area contributed by atoms with Gasteiger partial charge in [0.05, 0.1) is 23.0 Å². The number of hydrogen-bond acceptors (Lipinski definition) is 5. The topological polar surface area (TPSA) is 63.0 Å². The highest BCUT2D eigenvalue weighted by Crippen LogP contribution is 2.21. The molecule has 1 unspecified atom stereocenters. The molecule has 1 atom stereocenters. The molecule has 168 valence electrons. The van der Waals surface area contributed by atoms with Crippen LogP contribution >= 0.6 is 0 Å². The summed E-state index contributed by atoms with van der Waals surface area (Å²) >= 11 is 0. The first-order valence-electron chi connectivity index (χ1n) is 11.7. The average molecular weight is 424 g/mol. The zero-order valence-corrected chi connectivity index (χ0v) is 19.3. The smallest absolute Gasteiger partial charge is 0.338 e. The Balaban J connectivity index is 1.73. The molecule has 0 saturated heterocycles. The molecule has 2 aromatic carbocycles. The monoisotopic (exact) mass is 423 g/mol. The van der Waals surface area contributed by atoms with Gasteiger partial charge >= 0.3 is 5.97 Å². The molecule has 31 heavy (non-hydrogen) atoms. The lowest BCUT2D eigenvalue weighted by Gasteiger charge is -2.10. The number of ether oxygens (including phenoxy) is 1. The molecule has 0 amide bonds. The van der Waals surface area contributed by atoms with E-state index < -0.39 is 0 Å². The standard InChI is InChI=1S/C26H37N3O2/c1-4-6-7-8-9-10-11-20-27-23-16-18-25(19-17-23)29-28-24-14-12-22(13-15-24)26(30)31-21(3)5-2/h12-19,21,27H,4-11,20H2,1-3H3. The van der Waals surface area contributed by atoms with Gasteiger partial charge in [0.25, 0.3) is 0 Å². The lowest BCUT2D eigenvalue weighted by atomic mass is 10.1. The maximum absolute atomic E-state index is 12.0. The van der Waals surface area contributed by atoms with Crippen LogP contribution in [0.5, 0.6) is 0 Å². The molecule has 2 rings (SSSR count). The number of unbranched alkanes of at least 4 members (excludes halogenated alkanes) is 6. The molecule has 2 aromatic rings. The van der Waals surface area contributed by atoms with E-state index in [-0.39, 0.29) is 12.1 Å². The predicted octanol–water partition coefficient (Wildman–Crippen LogP) is 8.22. The molecule has 0 heterocycles. The summed E-state index contributed by atoms with van der Waals surface area (Å²) in [5.74, 6) is -0.308.